The lowest BCUT2D eigenvalue weighted by molar-refractivity contribution is -0.184. The summed E-state index contributed by atoms with van der Waals surface area (Å²) in [6, 6.07) is 8.98. The smallest absolute Gasteiger partial charge is 0.346 e. The first kappa shape index (κ1) is 28.5. The molecule has 1 aromatic carbocycles. The number of benzene rings is 1. The van der Waals surface area contributed by atoms with E-state index in [2.05, 4.69) is 29.0 Å². The minimum Gasteiger partial charge on any atom is -0.346 e. The minimum absolute atomic E-state index is 0.00261. The highest BCUT2D eigenvalue weighted by atomic mass is 32.2. The number of sulfone groups is 1. The molecule has 38 heavy (non-hydrogen) atoms. The lowest BCUT2D eigenvalue weighted by Gasteiger charge is -2.35. The predicted molar refractivity (Wildman–Crippen MR) is 139 cm³/mol. The Morgan fingerprint density at radius 3 is 2.42 bits per heavy atom. The van der Waals surface area contributed by atoms with Crippen LogP contribution >= 0.6 is 0 Å². The molecule has 1 N–H and O–H groups in total. The van der Waals surface area contributed by atoms with Crippen LogP contribution in [0.5, 0.6) is 0 Å². The molecule has 4 rings (SSSR count). The zero-order valence-electron chi connectivity index (χ0n) is 22.1. The lowest BCUT2D eigenvalue weighted by Crippen LogP contribution is -2.34. The second-order valence-electron chi connectivity index (χ2n) is 10.9. The molecule has 1 aliphatic carbocycles. The molecule has 0 saturated heterocycles. The molecule has 2 aliphatic rings. The standard InChI is InChI=1S/C28H36F3N3O3S/c1-4-38(36,37)24-11-10-23(32-15-24)14-33-27(35)20-7-12-25-21(13-20)17-34(26(25)18(2)3)16-19-5-8-22(9-6-19)28(29,30)31/h7,10-13,15,18-19,22,26H,4-6,8-9,14,16-17H2,1-3H3,(H,33,35)/t19-,22-,26-/m1/s1. The Bertz CT molecular complexity index is 1240. The van der Waals surface area contributed by atoms with Gasteiger partial charge in [-0.3, -0.25) is 14.7 Å². The fourth-order valence-corrected chi connectivity index (χ4v) is 6.61. The van der Waals surface area contributed by atoms with E-state index >= 15 is 0 Å². The number of nitrogens with one attached hydrogen (secondary N) is 1. The molecule has 208 valence electrons. The average molecular weight is 552 g/mol. The molecule has 10 heteroatoms. The van der Waals surface area contributed by atoms with Crippen LogP contribution in [0.3, 0.4) is 0 Å². The highest BCUT2D eigenvalue weighted by molar-refractivity contribution is 7.91. The van der Waals surface area contributed by atoms with Crippen molar-refractivity contribution in [2.45, 2.75) is 76.7 Å². The number of fused-ring (bicyclic) bond motifs is 1. The van der Waals surface area contributed by atoms with Crippen LogP contribution < -0.4 is 5.32 Å². The van der Waals surface area contributed by atoms with Crippen LogP contribution in [0, 0.1) is 17.8 Å². The first-order valence-electron chi connectivity index (χ1n) is 13.3. The first-order chi connectivity index (χ1) is 17.9. The van der Waals surface area contributed by atoms with E-state index in [1.54, 1.807) is 13.0 Å². The molecule has 0 bridgehead atoms. The second kappa shape index (κ2) is 11.3. The van der Waals surface area contributed by atoms with E-state index in [4.69, 9.17) is 0 Å². The van der Waals surface area contributed by atoms with Crippen LogP contribution in [-0.4, -0.2) is 42.7 Å². The van der Waals surface area contributed by atoms with Gasteiger partial charge < -0.3 is 5.32 Å². The summed E-state index contributed by atoms with van der Waals surface area (Å²) < 4.78 is 63.1. The first-order valence-corrected chi connectivity index (χ1v) is 14.9. The fraction of sp³-hybridized carbons (Fsp3) is 0.571. The van der Waals surface area contributed by atoms with Crippen LogP contribution in [0.1, 0.15) is 79.7 Å². The maximum atomic E-state index is 13.1. The second-order valence-corrected chi connectivity index (χ2v) is 13.1. The Kier molecular flexibility index (Phi) is 8.52. The van der Waals surface area contributed by atoms with Crippen LogP contribution in [0.2, 0.25) is 0 Å². The third-order valence-corrected chi connectivity index (χ3v) is 9.61. The van der Waals surface area contributed by atoms with Crippen LogP contribution in [0.15, 0.2) is 41.4 Å². The summed E-state index contributed by atoms with van der Waals surface area (Å²) in [5.74, 6) is -0.845. The summed E-state index contributed by atoms with van der Waals surface area (Å²) in [5.41, 5.74) is 3.34. The maximum absolute atomic E-state index is 13.1. The van der Waals surface area contributed by atoms with Crippen molar-refractivity contribution in [2.75, 3.05) is 12.3 Å². The molecule has 1 amide bonds. The van der Waals surface area contributed by atoms with Crippen molar-refractivity contribution in [3.63, 3.8) is 0 Å². The molecule has 1 saturated carbocycles. The third kappa shape index (κ3) is 6.39. The number of carbonyl (C=O) groups is 1. The van der Waals surface area contributed by atoms with E-state index < -0.39 is 21.9 Å². The Hall–Kier alpha value is -2.46. The number of aromatic nitrogens is 1. The Morgan fingerprint density at radius 2 is 1.84 bits per heavy atom. The molecule has 2 aromatic rings. The van der Waals surface area contributed by atoms with Crippen LogP contribution in [0.4, 0.5) is 13.2 Å². The van der Waals surface area contributed by atoms with Gasteiger partial charge in [0, 0.05) is 30.9 Å². The number of carbonyl (C=O) groups excluding carboxylic acids is 1. The van der Waals surface area contributed by atoms with Gasteiger partial charge in [0.25, 0.3) is 5.91 Å². The molecule has 1 atom stereocenters. The van der Waals surface area contributed by atoms with Crippen LogP contribution in [0.25, 0.3) is 0 Å². The van der Waals surface area contributed by atoms with Gasteiger partial charge in [-0.05, 0) is 72.9 Å². The Labute approximate surface area is 222 Å². The molecular weight excluding hydrogens is 515 g/mol. The summed E-state index contributed by atoms with van der Waals surface area (Å²) >= 11 is 0. The molecular formula is C28H36F3N3O3S. The average Bonchev–Trinajstić information content (AvgIpc) is 3.24. The topological polar surface area (TPSA) is 79.4 Å². The summed E-state index contributed by atoms with van der Waals surface area (Å²) in [6.45, 7) is 7.48. The predicted octanol–water partition coefficient (Wildman–Crippen LogP) is 5.69. The number of halogens is 3. The number of nitrogens with zero attached hydrogens (tertiary/aromatic N) is 2. The molecule has 0 radical (unpaired) electrons. The Balaban J connectivity index is 1.38. The van der Waals surface area contributed by atoms with Gasteiger partial charge in [-0.15, -0.1) is 0 Å². The molecule has 0 unspecified atom stereocenters. The number of hydrogen-bond acceptors (Lipinski definition) is 5. The number of pyridine rings is 1. The van der Waals surface area contributed by atoms with E-state index in [-0.39, 0.29) is 47.9 Å². The zero-order chi connectivity index (χ0) is 27.7. The monoisotopic (exact) mass is 551 g/mol. The number of alkyl halides is 3. The quantitative estimate of drug-likeness (QED) is 0.456. The number of rotatable bonds is 8. The van der Waals surface area contributed by atoms with E-state index in [0.717, 1.165) is 12.1 Å². The molecule has 1 aliphatic heterocycles. The summed E-state index contributed by atoms with van der Waals surface area (Å²) in [6.07, 6.45) is -1.19. The van der Waals surface area contributed by atoms with Crippen molar-refractivity contribution in [1.29, 1.82) is 0 Å². The molecule has 0 spiro atoms. The molecule has 1 aromatic heterocycles. The maximum Gasteiger partial charge on any atom is 0.391 e. The van der Waals surface area contributed by atoms with Crippen molar-refractivity contribution in [2.24, 2.45) is 17.8 Å². The van der Waals surface area contributed by atoms with Crippen molar-refractivity contribution >= 4 is 15.7 Å². The largest absolute Gasteiger partial charge is 0.391 e. The van der Waals surface area contributed by atoms with Gasteiger partial charge in [0.05, 0.1) is 28.8 Å². The Morgan fingerprint density at radius 1 is 1.13 bits per heavy atom. The SMILES string of the molecule is CCS(=O)(=O)c1ccc(CNC(=O)c2ccc3c(c2)CN(C[C@H]2CC[C@H](C(F)(F)F)CC2)[C@@H]3C(C)C)nc1. The van der Waals surface area contributed by atoms with Gasteiger partial charge in [0.2, 0.25) is 0 Å². The van der Waals surface area contributed by atoms with Crippen LogP contribution in [-0.2, 0) is 22.9 Å². The van der Waals surface area contributed by atoms with Gasteiger partial charge in [-0.25, -0.2) is 8.42 Å². The van der Waals surface area contributed by atoms with E-state index in [0.29, 0.717) is 36.6 Å². The fourth-order valence-electron chi connectivity index (χ4n) is 5.79. The number of hydrogen-bond donors (Lipinski definition) is 1. The van der Waals surface area contributed by atoms with E-state index in [9.17, 15) is 26.4 Å². The summed E-state index contributed by atoms with van der Waals surface area (Å²) in [7, 11) is -3.33. The molecule has 6 nitrogen and oxygen atoms in total. The van der Waals surface area contributed by atoms with Gasteiger partial charge in [0.1, 0.15) is 0 Å². The zero-order valence-corrected chi connectivity index (χ0v) is 22.9. The summed E-state index contributed by atoms with van der Waals surface area (Å²) in [4.78, 5) is 19.6. The van der Waals surface area contributed by atoms with Gasteiger partial charge in [-0.2, -0.15) is 13.2 Å². The van der Waals surface area contributed by atoms with Crippen molar-refractivity contribution in [3.05, 3.63) is 58.9 Å². The number of amides is 1. The lowest BCUT2D eigenvalue weighted by atomic mass is 9.81. The van der Waals surface area contributed by atoms with Crippen molar-refractivity contribution in [3.8, 4) is 0 Å². The van der Waals surface area contributed by atoms with Crippen molar-refractivity contribution < 1.29 is 26.4 Å². The van der Waals surface area contributed by atoms with Crippen molar-refractivity contribution in [1.82, 2.24) is 15.2 Å². The third-order valence-electron chi connectivity index (χ3n) is 7.89. The molecule has 2 heterocycles. The van der Waals surface area contributed by atoms with E-state index in [1.807, 2.05) is 18.2 Å². The van der Waals surface area contributed by atoms with Gasteiger partial charge in [-0.1, -0.05) is 26.8 Å². The van der Waals surface area contributed by atoms with Gasteiger partial charge in [0.15, 0.2) is 9.84 Å². The normalized spacial score (nSPS) is 22.4. The molecule has 1 fully saturated rings. The van der Waals surface area contributed by atoms with E-state index in [1.165, 1.54) is 17.8 Å². The summed E-state index contributed by atoms with van der Waals surface area (Å²) in [5, 5.41) is 2.85. The highest BCUT2D eigenvalue weighted by Gasteiger charge is 2.42. The highest BCUT2D eigenvalue weighted by Crippen LogP contribution is 2.43. The minimum atomic E-state index is -4.10. The van der Waals surface area contributed by atoms with Gasteiger partial charge >= 0.3 is 6.18 Å².